The standard InChI is InChI=1S/C20H8F2N2O2/c21-17-5-11(1-3-13(17)9-23)15-7-20(26)16(8-19(15)25)12-2-4-14(10-24)18(22)6-12/h1-8H. The zero-order valence-electron chi connectivity index (χ0n) is 13.1. The van der Waals surface area contributed by atoms with Crippen molar-refractivity contribution in [3.63, 3.8) is 0 Å². The molecule has 2 aromatic carbocycles. The van der Waals surface area contributed by atoms with Gasteiger partial charge in [0.15, 0.2) is 11.6 Å². The van der Waals surface area contributed by atoms with E-state index in [2.05, 4.69) is 0 Å². The molecule has 0 bridgehead atoms. The first kappa shape index (κ1) is 16.9. The number of halogens is 2. The highest BCUT2D eigenvalue weighted by Gasteiger charge is 2.23. The lowest BCUT2D eigenvalue weighted by molar-refractivity contribution is -0.112. The summed E-state index contributed by atoms with van der Waals surface area (Å²) < 4.78 is 27.5. The van der Waals surface area contributed by atoms with Crippen molar-refractivity contribution in [2.75, 3.05) is 0 Å². The number of allylic oxidation sites excluding steroid dienone is 4. The zero-order chi connectivity index (χ0) is 18.8. The maximum absolute atomic E-state index is 13.8. The van der Waals surface area contributed by atoms with Gasteiger partial charge in [0.25, 0.3) is 0 Å². The van der Waals surface area contributed by atoms with Crippen LogP contribution in [0.15, 0.2) is 48.6 Å². The molecule has 0 spiro atoms. The van der Waals surface area contributed by atoms with Crippen LogP contribution in [0.25, 0.3) is 11.1 Å². The van der Waals surface area contributed by atoms with Gasteiger partial charge >= 0.3 is 0 Å². The van der Waals surface area contributed by atoms with Gasteiger partial charge in [-0.15, -0.1) is 0 Å². The van der Waals surface area contributed by atoms with E-state index in [0.29, 0.717) is 0 Å². The fourth-order valence-electron chi connectivity index (χ4n) is 2.56. The molecule has 0 radical (unpaired) electrons. The normalized spacial score (nSPS) is 13.5. The van der Waals surface area contributed by atoms with Crippen LogP contribution in [-0.2, 0) is 9.59 Å². The van der Waals surface area contributed by atoms with Gasteiger partial charge in [-0.1, -0.05) is 12.1 Å². The third kappa shape index (κ3) is 2.92. The number of rotatable bonds is 2. The maximum Gasteiger partial charge on any atom is 0.187 e. The van der Waals surface area contributed by atoms with Crippen LogP contribution in [-0.4, -0.2) is 11.6 Å². The number of nitriles is 2. The van der Waals surface area contributed by atoms with E-state index in [4.69, 9.17) is 10.5 Å². The van der Waals surface area contributed by atoms with Gasteiger partial charge < -0.3 is 0 Å². The van der Waals surface area contributed by atoms with E-state index in [1.54, 1.807) is 12.1 Å². The molecule has 0 aromatic heterocycles. The lowest BCUT2D eigenvalue weighted by Gasteiger charge is -2.13. The highest BCUT2D eigenvalue weighted by molar-refractivity contribution is 6.43. The molecule has 0 saturated carbocycles. The molecule has 1 aliphatic carbocycles. The van der Waals surface area contributed by atoms with Crippen LogP contribution in [0.3, 0.4) is 0 Å². The average Bonchev–Trinajstić information content (AvgIpc) is 2.63. The van der Waals surface area contributed by atoms with E-state index in [9.17, 15) is 18.4 Å². The van der Waals surface area contributed by atoms with E-state index < -0.39 is 23.2 Å². The van der Waals surface area contributed by atoms with Crippen LogP contribution in [0.5, 0.6) is 0 Å². The highest BCUT2D eigenvalue weighted by atomic mass is 19.1. The van der Waals surface area contributed by atoms with Crippen molar-refractivity contribution in [1.82, 2.24) is 0 Å². The fraction of sp³-hybridized carbons (Fsp3) is 0. The minimum atomic E-state index is -0.796. The lowest BCUT2D eigenvalue weighted by Crippen LogP contribution is -2.12. The SMILES string of the molecule is N#Cc1ccc(C2=CC(=O)C(c3ccc(C#N)c(F)c3)=CC2=O)cc1F. The summed E-state index contributed by atoms with van der Waals surface area (Å²) in [6.07, 6.45) is 2.10. The summed E-state index contributed by atoms with van der Waals surface area (Å²) in [5.74, 6) is -2.69. The Kier molecular flexibility index (Phi) is 4.26. The van der Waals surface area contributed by atoms with E-state index in [1.807, 2.05) is 0 Å². The minimum Gasteiger partial charge on any atom is -0.289 e. The predicted molar refractivity (Wildman–Crippen MR) is 88.2 cm³/mol. The summed E-state index contributed by atoms with van der Waals surface area (Å²) in [7, 11) is 0. The lowest BCUT2D eigenvalue weighted by atomic mass is 9.88. The van der Waals surface area contributed by atoms with Crippen LogP contribution in [0, 0.1) is 34.3 Å². The summed E-state index contributed by atoms with van der Waals surface area (Å²) in [6.45, 7) is 0. The van der Waals surface area contributed by atoms with Crippen molar-refractivity contribution < 1.29 is 18.4 Å². The second-order valence-corrected chi connectivity index (χ2v) is 5.46. The van der Waals surface area contributed by atoms with Crippen LogP contribution < -0.4 is 0 Å². The molecule has 0 N–H and O–H groups in total. The quantitative estimate of drug-likeness (QED) is 0.781. The number of ketones is 2. The Bertz CT molecular complexity index is 1030. The molecular weight excluding hydrogens is 338 g/mol. The van der Waals surface area contributed by atoms with E-state index in [1.165, 1.54) is 24.3 Å². The second-order valence-electron chi connectivity index (χ2n) is 5.46. The molecule has 0 unspecified atom stereocenters. The first-order chi connectivity index (χ1) is 12.4. The molecule has 0 aliphatic heterocycles. The Morgan fingerprint density at radius 3 is 1.38 bits per heavy atom. The summed E-state index contributed by atoms with van der Waals surface area (Å²) >= 11 is 0. The van der Waals surface area contributed by atoms with Gasteiger partial charge in [0.1, 0.15) is 23.8 Å². The molecule has 4 nitrogen and oxygen atoms in total. The van der Waals surface area contributed by atoms with E-state index in [0.717, 1.165) is 24.3 Å². The number of benzene rings is 2. The summed E-state index contributed by atoms with van der Waals surface area (Å²) in [6, 6.07) is 10.6. The molecule has 6 heteroatoms. The second kappa shape index (κ2) is 6.54. The fourth-order valence-corrected chi connectivity index (χ4v) is 2.56. The molecule has 1 aliphatic rings. The topological polar surface area (TPSA) is 81.7 Å². The van der Waals surface area contributed by atoms with Crippen molar-refractivity contribution in [3.8, 4) is 12.1 Å². The van der Waals surface area contributed by atoms with Gasteiger partial charge in [-0.25, -0.2) is 8.78 Å². The molecule has 0 atom stereocenters. The number of nitrogens with zero attached hydrogens (tertiary/aromatic N) is 2. The van der Waals surface area contributed by atoms with Gasteiger partial charge in [-0.05, 0) is 47.5 Å². The Balaban J connectivity index is 1.99. The van der Waals surface area contributed by atoms with Crippen LogP contribution in [0.1, 0.15) is 22.3 Å². The molecular formula is C20H8F2N2O2. The van der Waals surface area contributed by atoms with Gasteiger partial charge in [-0.2, -0.15) is 10.5 Å². The number of carbonyl (C=O) groups excluding carboxylic acids is 2. The number of carbonyl (C=O) groups is 2. The monoisotopic (exact) mass is 346 g/mol. The van der Waals surface area contributed by atoms with Crippen molar-refractivity contribution in [2.45, 2.75) is 0 Å². The van der Waals surface area contributed by atoms with Crippen LogP contribution >= 0.6 is 0 Å². The minimum absolute atomic E-state index is 0.0174. The summed E-state index contributed by atoms with van der Waals surface area (Å²) in [4.78, 5) is 24.7. The largest absolute Gasteiger partial charge is 0.289 e. The summed E-state index contributed by atoms with van der Waals surface area (Å²) in [5.41, 5.74) is -0.0451. The van der Waals surface area contributed by atoms with E-state index in [-0.39, 0.29) is 33.4 Å². The molecule has 2 aromatic rings. The molecule has 124 valence electrons. The summed E-state index contributed by atoms with van der Waals surface area (Å²) in [5, 5.41) is 17.5. The Morgan fingerprint density at radius 2 is 1.08 bits per heavy atom. The smallest absolute Gasteiger partial charge is 0.187 e. The first-order valence-corrected chi connectivity index (χ1v) is 7.36. The van der Waals surface area contributed by atoms with Crippen molar-refractivity contribution in [3.05, 3.63) is 82.4 Å². The van der Waals surface area contributed by atoms with Crippen LogP contribution in [0.4, 0.5) is 8.78 Å². The average molecular weight is 346 g/mol. The molecule has 0 fully saturated rings. The zero-order valence-corrected chi connectivity index (χ0v) is 13.1. The van der Waals surface area contributed by atoms with Crippen molar-refractivity contribution >= 4 is 22.7 Å². The molecule has 3 rings (SSSR count). The van der Waals surface area contributed by atoms with Gasteiger partial charge in [0.05, 0.1) is 11.1 Å². The van der Waals surface area contributed by atoms with Crippen molar-refractivity contribution in [2.24, 2.45) is 0 Å². The third-order valence-corrected chi connectivity index (χ3v) is 3.88. The van der Waals surface area contributed by atoms with Crippen LogP contribution in [0.2, 0.25) is 0 Å². The third-order valence-electron chi connectivity index (χ3n) is 3.88. The maximum atomic E-state index is 13.8. The molecule has 0 saturated heterocycles. The van der Waals surface area contributed by atoms with Gasteiger partial charge in [0, 0.05) is 11.1 Å². The van der Waals surface area contributed by atoms with Gasteiger partial charge in [0.2, 0.25) is 0 Å². The number of hydrogen-bond donors (Lipinski definition) is 0. The van der Waals surface area contributed by atoms with Gasteiger partial charge in [-0.3, -0.25) is 9.59 Å². The predicted octanol–water partition coefficient (Wildman–Crippen LogP) is 3.33. The Hall–Kier alpha value is -3.90. The highest BCUT2D eigenvalue weighted by Crippen LogP contribution is 2.28. The molecule has 0 amide bonds. The molecule has 26 heavy (non-hydrogen) atoms. The molecule has 0 heterocycles. The van der Waals surface area contributed by atoms with Crippen molar-refractivity contribution in [1.29, 1.82) is 10.5 Å². The Labute approximate surface area is 146 Å². The Morgan fingerprint density at radius 1 is 0.692 bits per heavy atom. The first-order valence-electron chi connectivity index (χ1n) is 7.36. The van der Waals surface area contributed by atoms with E-state index >= 15 is 0 Å². The number of hydrogen-bond acceptors (Lipinski definition) is 4.